The minimum atomic E-state index is -0.215. The van der Waals surface area contributed by atoms with Crippen LogP contribution in [0.5, 0.6) is 5.88 Å². The van der Waals surface area contributed by atoms with E-state index < -0.39 is 0 Å². The molecule has 0 aliphatic rings. The minimum absolute atomic E-state index is 0.215. The molecule has 0 unspecified atom stereocenters. The second-order valence-electron chi connectivity index (χ2n) is 5.56. The Labute approximate surface area is 144 Å². The molecule has 0 spiro atoms. The summed E-state index contributed by atoms with van der Waals surface area (Å²) in [4.78, 5) is 21.6. The van der Waals surface area contributed by atoms with Gasteiger partial charge in [0.2, 0.25) is 5.88 Å². The first kappa shape index (κ1) is 15.1. The Morgan fingerprint density at radius 1 is 0.960 bits per heavy atom. The lowest BCUT2D eigenvalue weighted by Gasteiger charge is -2.11. The number of hydrogen-bond donors (Lipinski definition) is 1. The Hall–Kier alpha value is -3.47. The van der Waals surface area contributed by atoms with Crippen molar-refractivity contribution in [2.75, 3.05) is 12.4 Å². The normalized spacial score (nSPS) is 10.8. The van der Waals surface area contributed by atoms with E-state index in [0.29, 0.717) is 17.0 Å². The van der Waals surface area contributed by atoms with E-state index in [1.165, 1.54) is 7.11 Å². The van der Waals surface area contributed by atoms with E-state index in [9.17, 15) is 4.79 Å². The lowest BCUT2D eigenvalue weighted by atomic mass is 10.1. The molecule has 4 rings (SSSR count). The molecule has 122 valence electrons. The number of anilines is 1. The largest absolute Gasteiger partial charge is 0.481 e. The number of benzene rings is 2. The number of nitrogens with one attached hydrogen (secondary N) is 1. The Kier molecular flexibility index (Phi) is 3.74. The summed E-state index contributed by atoms with van der Waals surface area (Å²) in [5, 5.41) is 4.65. The molecule has 1 amide bonds. The van der Waals surface area contributed by atoms with E-state index in [1.807, 2.05) is 48.5 Å². The summed E-state index contributed by atoms with van der Waals surface area (Å²) >= 11 is 0. The van der Waals surface area contributed by atoms with E-state index in [1.54, 1.807) is 18.3 Å². The first-order valence-corrected chi connectivity index (χ1v) is 7.85. The van der Waals surface area contributed by atoms with Crippen molar-refractivity contribution in [3.8, 4) is 5.88 Å². The third-order valence-electron chi connectivity index (χ3n) is 4.04. The van der Waals surface area contributed by atoms with Crippen molar-refractivity contribution in [2.24, 2.45) is 0 Å². The average molecular weight is 329 g/mol. The highest BCUT2D eigenvalue weighted by Crippen LogP contribution is 2.25. The summed E-state index contributed by atoms with van der Waals surface area (Å²) in [7, 11) is 1.54. The van der Waals surface area contributed by atoms with Gasteiger partial charge < -0.3 is 10.1 Å². The third kappa shape index (κ3) is 2.76. The van der Waals surface area contributed by atoms with Gasteiger partial charge in [0.15, 0.2) is 0 Å². The van der Waals surface area contributed by atoms with Crippen LogP contribution < -0.4 is 10.1 Å². The van der Waals surface area contributed by atoms with Crippen LogP contribution in [-0.2, 0) is 0 Å². The standard InChI is InChI=1S/C20H15N3O2/c1-25-19-12-15(13-6-2-5-9-17(13)22-19)20(24)23-18-10-11-21-16-8-4-3-7-14(16)18/h2-12H,1H3,(H,21,23,24). The van der Waals surface area contributed by atoms with Gasteiger partial charge in [-0.15, -0.1) is 0 Å². The Morgan fingerprint density at radius 2 is 1.68 bits per heavy atom. The first-order valence-electron chi connectivity index (χ1n) is 7.85. The molecule has 0 fully saturated rings. The van der Waals surface area contributed by atoms with Crippen molar-refractivity contribution < 1.29 is 9.53 Å². The zero-order chi connectivity index (χ0) is 17.2. The number of fused-ring (bicyclic) bond motifs is 2. The number of pyridine rings is 2. The van der Waals surface area contributed by atoms with E-state index in [-0.39, 0.29) is 5.91 Å². The van der Waals surface area contributed by atoms with Crippen molar-refractivity contribution in [2.45, 2.75) is 0 Å². The molecule has 0 radical (unpaired) electrons. The van der Waals surface area contributed by atoms with Gasteiger partial charge in [-0.3, -0.25) is 9.78 Å². The molecule has 5 heteroatoms. The van der Waals surface area contributed by atoms with E-state index >= 15 is 0 Å². The van der Waals surface area contributed by atoms with E-state index in [0.717, 1.165) is 22.0 Å². The quantitative estimate of drug-likeness (QED) is 0.616. The fraction of sp³-hybridized carbons (Fsp3) is 0.0500. The maximum Gasteiger partial charge on any atom is 0.256 e. The molecular formula is C20H15N3O2. The van der Waals surface area contributed by atoms with Crippen molar-refractivity contribution in [1.29, 1.82) is 0 Å². The number of methoxy groups -OCH3 is 1. The lowest BCUT2D eigenvalue weighted by Crippen LogP contribution is -2.13. The highest BCUT2D eigenvalue weighted by molar-refractivity contribution is 6.14. The van der Waals surface area contributed by atoms with Crippen LogP contribution in [0.25, 0.3) is 21.8 Å². The van der Waals surface area contributed by atoms with E-state index in [2.05, 4.69) is 15.3 Å². The van der Waals surface area contributed by atoms with Crippen molar-refractivity contribution in [3.63, 3.8) is 0 Å². The van der Waals surface area contributed by atoms with Gasteiger partial charge in [-0.2, -0.15) is 0 Å². The number of carbonyl (C=O) groups is 1. The smallest absolute Gasteiger partial charge is 0.256 e. The number of rotatable bonds is 3. The summed E-state index contributed by atoms with van der Waals surface area (Å²) in [6.07, 6.45) is 1.68. The van der Waals surface area contributed by atoms with Gasteiger partial charge in [-0.1, -0.05) is 36.4 Å². The highest BCUT2D eigenvalue weighted by atomic mass is 16.5. The van der Waals surface area contributed by atoms with Crippen LogP contribution in [0.2, 0.25) is 0 Å². The summed E-state index contributed by atoms with van der Waals surface area (Å²) in [6.45, 7) is 0. The SMILES string of the molecule is COc1cc(C(=O)Nc2ccnc3ccccc23)c2ccccc2n1. The maximum atomic E-state index is 12.9. The van der Waals surface area contributed by atoms with E-state index in [4.69, 9.17) is 4.74 Å². The molecule has 2 aromatic carbocycles. The molecule has 0 aliphatic heterocycles. The van der Waals surface area contributed by atoms with Gasteiger partial charge in [0, 0.05) is 23.0 Å². The van der Waals surface area contributed by atoms with Crippen molar-refractivity contribution in [1.82, 2.24) is 9.97 Å². The van der Waals surface area contributed by atoms with Crippen LogP contribution in [0.4, 0.5) is 5.69 Å². The molecule has 4 aromatic rings. The predicted octanol–water partition coefficient (Wildman–Crippen LogP) is 4.04. The first-order chi connectivity index (χ1) is 12.3. The fourth-order valence-corrected chi connectivity index (χ4v) is 2.84. The molecule has 25 heavy (non-hydrogen) atoms. The number of nitrogens with zero attached hydrogens (tertiary/aromatic N) is 2. The van der Waals surface area contributed by atoms with Gasteiger partial charge in [-0.05, 0) is 18.2 Å². The monoisotopic (exact) mass is 329 g/mol. The number of carbonyl (C=O) groups excluding carboxylic acids is 1. The van der Waals surface area contributed by atoms with Crippen LogP contribution in [0.1, 0.15) is 10.4 Å². The molecule has 1 N–H and O–H groups in total. The highest BCUT2D eigenvalue weighted by Gasteiger charge is 2.14. The number of para-hydroxylation sites is 2. The maximum absolute atomic E-state index is 12.9. The van der Waals surface area contributed by atoms with Crippen LogP contribution in [0.3, 0.4) is 0 Å². The van der Waals surface area contributed by atoms with Gasteiger partial charge in [0.05, 0.1) is 29.4 Å². The van der Waals surface area contributed by atoms with Crippen molar-refractivity contribution >= 4 is 33.4 Å². The van der Waals surface area contributed by atoms with Crippen LogP contribution in [0, 0.1) is 0 Å². The molecule has 0 bridgehead atoms. The number of ether oxygens (including phenoxy) is 1. The number of amides is 1. The van der Waals surface area contributed by atoms with Crippen molar-refractivity contribution in [3.05, 3.63) is 72.4 Å². The third-order valence-corrected chi connectivity index (χ3v) is 4.04. The van der Waals surface area contributed by atoms with Crippen LogP contribution in [-0.4, -0.2) is 23.0 Å². The van der Waals surface area contributed by atoms with Gasteiger partial charge in [0.25, 0.3) is 5.91 Å². The topological polar surface area (TPSA) is 64.1 Å². The number of aromatic nitrogens is 2. The van der Waals surface area contributed by atoms with Gasteiger partial charge in [-0.25, -0.2) is 4.98 Å². The summed E-state index contributed by atoms with van der Waals surface area (Å²) in [5.74, 6) is 0.191. The Balaban J connectivity index is 1.80. The molecule has 0 atom stereocenters. The summed E-state index contributed by atoms with van der Waals surface area (Å²) < 4.78 is 5.23. The van der Waals surface area contributed by atoms with Crippen LogP contribution >= 0.6 is 0 Å². The number of hydrogen-bond acceptors (Lipinski definition) is 4. The summed E-state index contributed by atoms with van der Waals surface area (Å²) in [6, 6.07) is 18.6. The molecule has 0 saturated heterocycles. The van der Waals surface area contributed by atoms with Crippen LogP contribution in [0.15, 0.2) is 66.9 Å². The Morgan fingerprint density at radius 3 is 2.48 bits per heavy atom. The molecule has 2 heterocycles. The van der Waals surface area contributed by atoms with Gasteiger partial charge in [0.1, 0.15) is 0 Å². The molecular weight excluding hydrogens is 314 g/mol. The average Bonchev–Trinajstić information content (AvgIpc) is 2.67. The zero-order valence-corrected chi connectivity index (χ0v) is 13.6. The molecule has 0 aliphatic carbocycles. The zero-order valence-electron chi connectivity index (χ0n) is 13.6. The minimum Gasteiger partial charge on any atom is -0.481 e. The summed E-state index contributed by atoms with van der Waals surface area (Å²) in [5.41, 5.74) is 2.78. The lowest BCUT2D eigenvalue weighted by molar-refractivity contribution is 0.102. The molecule has 2 aromatic heterocycles. The second kappa shape index (κ2) is 6.20. The van der Waals surface area contributed by atoms with Gasteiger partial charge >= 0.3 is 0 Å². The molecule has 5 nitrogen and oxygen atoms in total. The predicted molar refractivity (Wildman–Crippen MR) is 98.0 cm³/mol. The Bertz CT molecular complexity index is 1090. The second-order valence-corrected chi connectivity index (χ2v) is 5.56. The molecule has 0 saturated carbocycles. The fourth-order valence-electron chi connectivity index (χ4n) is 2.84.